The summed E-state index contributed by atoms with van der Waals surface area (Å²) >= 11 is 0. The number of rotatable bonds is 3. The van der Waals surface area contributed by atoms with Crippen LogP contribution in [0.25, 0.3) is 0 Å². The Morgan fingerprint density at radius 2 is 1.06 bits per heavy atom. The van der Waals surface area contributed by atoms with Crippen molar-refractivity contribution in [1.29, 1.82) is 0 Å². The zero-order valence-corrected chi connectivity index (χ0v) is 18.0. The highest BCUT2D eigenvalue weighted by atomic mass is 16.2. The Balaban J connectivity index is 0.000000547. The molecular weight excluding hydrogens is 404 g/mol. The number of benzene rings is 3. The fraction of sp³-hybridized carbons (Fsp3) is 0.154. The first-order valence-electron chi connectivity index (χ1n) is 9.94. The van der Waals surface area contributed by atoms with Crippen molar-refractivity contribution in [2.45, 2.75) is 20.0 Å². The summed E-state index contributed by atoms with van der Waals surface area (Å²) in [7, 11) is 0. The van der Waals surface area contributed by atoms with Crippen LogP contribution in [0.15, 0.2) is 102 Å². The molecule has 0 spiro atoms. The van der Waals surface area contributed by atoms with Crippen molar-refractivity contribution in [2.75, 3.05) is 16.3 Å². The van der Waals surface area contributed by atoms with E-state index in [1.54, 1.807) is 0 Å². The minimum Gasteiger partial charge on any atom is -0.343 e. The average Bonchev–Trinajstić information content (AvgIpc) is 2.83. The molecule has 162 valence electrons. The second-order valence-corrected chi connectivity index (χ2v) is 6.99. The third-order valence-corrected chi connectivity index (χ3v) is 5.15. The lowest BCUT2D eigenvalue weighted by Crippen LogP contribution is -2.46. The molecule has 0 N–H and O–H groups in total. The van der Waals surface area contributed by atoms with Crippen molar-refractivity contribution >= 4 is 23.7 Å². The number of carbonyl (C=O) groups excluding carboxylic acids is 4. The SMILES string of the molecule is CC1=C(C)N(c2ccccc2)C(c2ccccc2)N(c2ccccc2)C1.O=C=O.O=C=O. The van der Waals surface area contributed by atoms with Crippen LogP contribution in [0.4, 0.5) is 11.4 Å². The molecule has 1 heterocycles. The van der Waals surface area contributed by atoms with Gasteiger partial charge in [0.05, 0.1) is 0 Å². The van der Waals surface area contributed by atoms with Crippen molar-refractivity contribution < 1.29 is 19.2 Å². The fourth-order valence-corrected chi connectivity index (χ4v) is 3.71. The molecule has 0 bridgehead atoms. The molecule has 1 aliphatic rings. The lowest BCUT2D eigenvalue weighted by molar-refractivity contribution is -0.193. The molecule has 0 saturated heterocycles. The predicted octanol–water partition coefficient (Wildman–Crippen LogP) is 4.84. The van der Waals surface area contributed by atoms with E-state index in [0.29, 0.717) is 0 Å². The van der Waals surface area contributed by atoms with Gasteiger partial charge in [0, 0.05) is 23.6 Å². The van der Waals surface area contributed by atoms with Crippen LogP contribution in [0.3, 0.4) is 0 Å². The highest BCUT2D eigenvalue weighted by Gasteiger charge is 2.33. The van der Waals surface area contributed by atoms with Crippen LogP contribution in [0.1, 0.15) is 25.6 Å². The van der Waals surface area contributed by atoms with Crippen LogP contribution in [0, 0.1) is 0 Å². The van der Waals surface area contributed by atoms with Crippen molar-refractivity contribution in [1.82, 2.24) is 0 Å². The second-order valence-electron chi connectivity index (χ2n) is 6.99. The largest absolute Gasteiger partial charge is 0.373 e. The third kappa shape index (κ3) is 5.89. The maximum Gasteiger partial charge on any atom is 0.373 e. The van der Waals surface area contributed by atoms with E-state index >= 15 is 0 Å². The zero-order chi connectivity index (χ0) is 23.3. The van der Waals surface area contributed by atoms with Gasteiger partial charge < -0.3 is 9.80 Å². The number of allylic oxidation sites excluding steroid dienone is 1. The topological polar surface area (TPSA) is 74.8 Å². The van der Waals surface area contributed by atoms with E-state index < -0.39 is 0 Å². The lowest BCUT2D eigenvalue weighted by atomic mass is 10.0. The van der Waals surface area contributed by atoms with Gasteiger partial charge in [-0.05, 0) is 49.2 Å². The van der Waals surface area contributed by atoms with E-state index in [-0.39, 0.29) is 18.5 Å². The summed E-state index contributed by atoms with van der Waals surface area (Å²) in [5.41, 5.74) is 6.49. The van der Waals surface area contributed by atoms with Gasteiger partial charge in [-0.1, -0.05) is 66.7 Å². The van der Waals surface area contributed by atoms with Gasteiger partial charge in [0.25, 0.3) is 0 Å². The molecule has 4 rings (SSSR count). The Labute approximate surface area is 187 Å². The first-order chi connectivity index (χ1) is 15.6. The summed E-state index contributed by atoms with van der Waals surface area (Å²) in [6, 6.07) is 32.2. The summed E-state index contributed by atoms with van der Waals surface area (Å²) < 4.78 is 0. The molecule has 1 unspecified atom stereocenters. The summed E-state index contributed by atoms with van der Waals surface area (Å²) in [4.78, 5) is 37.5. The van der Waals surface area contributed by atoms with Crippen molar-refractivity contribution in [3.63, 3.8) is 0 Å². The van der Waals surface area contributed by atoms with Crippen LogP contribution < -0.4 is 9.80 Å². The van der Waals surface area contributed by atoms with Crippen LogP contribution in [-0.4, -0.2) is 18.8 Å². The minimum absolute atomic E-state index is 0.129. The van der Waals surface area contributed by atoms with Gasteiger partial charge >= 0.3 is 12.3 Å². The molecule has 0 amide bonds. The normalized spacial score (nSPS) is 14.8. The first-order valence-corrected chi connectivity index (χ1v) is 9.94. The van der Waals surface area contributed by atoms with E-state index in [1.165, 1.54) is 28.2 Å². The molecule has 1 atom stereocenters. The number of hydrogen-bond acceptors (Lipinski definition) is 6. The molecule has 1 aliphatic heterocycles. The minimum atomic E-state index is 0.129. The van der Waals surface area contributed by atoms with Crippen molar-refractivity contribution in [3.05, 3.63) is 108 Å². The van der Waals surface area contributed by atoms with E-state index in [2.05, 4.69) is 115 Å². The lowest BCUT2D eigenvalue weighted by Gasteiger charge is -2.47. The molecule has 32 heavy (non-hydrogen) atoms. The number of para-hydroxylation sites is 2. The van der Waals surface area contributed by atoms with Crippen LogP contribution in [0.5, 0.6) is 0 Å². The zero-order valence-electron chi connectivity index (χ0n) is 18.0. The van der Waals surface area contributed by atoms with E-state index in [1.807, 2.05) is 0 Å². The van der Waals surface area contributed by atoms with Crippen LogP contribution >= 0.6 is 0 Å². The smallest absolute Gasteiger partial charge is 0.343 e. The summed E-state index contributed by atoms with van der Waals surface area (Å²) in [5, 5.41) is 0. The molecule has 0 aromatic heterocycles. The molecule has 0 fully saturated rings. The molecular formula is C26H24N2O4. The molecule has 3 aromatic rings. The molecule has 0 aliphatic carbocycles. The summed E-state index contributed by atoms with van der Waals surface area (Å²) in [5.74, 6) is 0. The quantitative estimate of drug-likeness (QED) is 0.594. The van der Waals surface area contributed by atoms with Gasteiger partial charge in [0.1, 0.15) is 6.17 Å². The van der Waals surface area contributed by atoms with E-state index in [0.717, 1.165) is 6.54 Å². The molecule has 6 nitrogen and oxygen atoms in total. The number of anilines is 2. The van der Waals surface area contributed by atoms with Crippen LogP contribution in [-0.2, 0) is 19.2 Å². The Morgan fingerprint density at radius 3 is 1.53 bits per heavy atom. The Bertz CT molecular complexity index is 1060. The highest BCUT2D eigenvalue weighted by molar-refractivity contribution is 5.62. The van der Waals surface area contributed by atoms with Gasteiger partial charge in [-0.15, -0.1) is 0 Å². The summed E-state index contributed by atoms with van der Waals surface area (Å²) in [6.45, 7) is 5.40. The van der Waals surface area contributed by atoms with Gasteiger partial charge in [0.15, 0.2) is 0 Å². The Kier molecular flexibility index (Phi) is 9.35. The van der Waals surface area contributed by atoms with Gasteiger partial charge in [-0.3, -0.25) is 0 Å². The van der Waals surface area contributed by atoms with Crippen molar-refractivity contribution in [2.24, 2.45) is 0 Å². The van der Waals surface area contributed by atoms with Crippen molar-refractivity contribution in [3.8, 4) is 0 Å². The Hall–Kier alpha value is -4.24. The first kappa shape index (κ1) is 24.0. The van der Waals surface area contributed by atoms with Gasteiger partial charge in [0.2, 0.25) is 0 Å². The van der Waals surface area contributed by atoms with Gasteiger partial charge in [-0.25, -0.2) is 0 Å². The Morgan fingerprint density at radius 1 is 0.656 bits per heavy atom. The standard InChI is InChI=1S/C24H24N2.2CO2/c1-19-18-25(22-14-8-4-9-15-22)24(21-12-6-3-7-13-21)26(20(19)2)23-16-10-5-11-17-23;2*2-1-3/h3-17,24H,18H2,1-2H3;;. The number of nitrogens with zero attached hydrogens (tertiary/aromatic N) is 2. The molecule has 3 aromatic carbocycles. The van der Waals surface area contributed by atoms with E-state index in [4.69, 9.17) is 19.2 Å². The maximum atomic E-state index is 8.12. The molecule has 6 heteroatoms. The highest BCUT2D eigenvalue weighted by Crippen LogP contribution is 2.40. The third-order valence-electron chi connectivity index (χ3n) is 5.15. The maximum absolute atomic E-state index is 8.12. The predicted molar refractivity (Wildman–Crippen MR) is 120 cm³/mol. The molecule has 0 radical (unpaired) electrons. The average molecular weight is 428 g/mol. The van der Waals surface area contributed by atoms with Gasteiger partial charge in [-0.2, -0.15) is 19.2 Å². The summed E-state index contributed by atoms with van der Waals surface area (Å²) in [6.07, 6.45) is 0.629. The fourth-order valence-electron chi connectivity index (χ4n) is 3.71. The second kappa shape index (κ2) is 12.5. The monoisotopic (exact) mass is 428 g/mol. The number of hydrogen-bond donors (Lipinski definition) is 0. The van der Waals surface area contributed by atoms with E-state index in [9.17, 15) is 0 Å². The molecule has 0 saturated carbocycles. The van der Waals surface area contributed by atoms with Crippen LogP contribution in [0.2, 0.25) is 0 Å².